The van der Waals surface area contributed by atoms with Crippen molar-refractivity contribution in [2.45, 2.75) is 122 Å². The molecule has 0 aliphatic carbocycles. The smallest absolute Gasteiger partial charge is 0.261 e. The molecule has 0 bridgehead atoms. The van der Waals surface area contributed by atoms with Gasteiger partial charge < -0.3 is 4.43 Å². The van der Waals surface area contributed by atoms with Gasteiger partial charge in [0.25, 0.3) is 8.32 Å². The Morgan fingerprint density at radius 2 is 1.21 bits per heavy atom. The lowest BCUT2D eigenvalue weighted by Gasteiger charge is -2.44. The summed E-state index contributed by atoms with van der Waals surface area (Å²) in [4.78, 5) is 0. The second kappa shape index (κ2) is 18.7. The average molecular weight is 587 g/mol. The summed E-state index contributed by atoms with van der Waals surface area (Å²) >= 11 is 0. The van der Waals surface area contributed by atoms with Crippen LogP contribution in [0.15, 0.2) is 85.0 Å². The Balaban J connectivity index is 1.28. The molecule has 1 heterocycles. The highest BCUT2D eigenvalue weighted by Crippen LogP contribution is 2.37. The molecule has 1 aromatic heterocycles. The van der Waals surface area contributed by atoms with Gasteiger partial charge in [-0.25, -0.2) is 5.10 Å². The van der Waals surface area contributed by atoms with Crippen LogP contribution in [0.3, 0.4) is 0 Å². The lowest BCUT2D eigenvalue weighted by Crippen LogP contribution is -2.67. The molecule has 0 spiro atoms. The van der Waals surface area contributed by atoms with E-state index < -0.39 is 8.32 Å². The molecule has 42 heavy (non-hydrogen) atoms. The molecular weight excluding hydrogens is 533 g/mol. The topological polar surface area (TPSA) is 63.7 Å². The molecule has 2 aromatic carbocycles. The van der Waals surface area contributed by atoms with Crippen LogP contribution in [0, 0.1) is 0 Å². The van der Waals surface area contributed by atoms with E-state index in [0.717, 1.165) is 37.9 Å². The Morgan fingerprint density at radius 1 is 0.714 bits per heavy atom. The maximum Gasteiger partial charge on any atom is 0.261 e. The van der Waals surface area contributed by atoms with Gasteiger partial charge in [0.15, 0.2) is 0 Å². The predicted molar refractivity (Wildman–Crippen MR) is 180 cm³/mol. The van der Waals surface area contributed by atoms with Crippen molar-refractivity contribution in [1.29, 1.82) is 0 Å². The first-order chi connectivity index (χ1) is 20.4. The zero-order chi connectivity index (χ0) is 29.9. The number of nitrogens with zero attached hydrogens (tertiary/aromatic N) is 3. The minimum absolute atomic E-state index is 0.0258. The third-order valence-electron chi connectivity index (χ3n) is 8.02. The van der Waals surface area contributed by atoms with Gasteiger partial charge in [-0.3, -0.25) is 0 Å². The van der Waals surface area contributed by atoms with Gasteiger partial charge in [-0.15, -0.1) is 5.10 Å². The normalized spacial score (nSPS) is 13.3. The summed E-state index contributed by atoms with van der Waals surface area (Å²) < 4.78 is 7.22. The van der Waals surface area contributed by atoms with Crippen LogP contribution in [0.1, 0.15) is 111 Å². The zero-order valence-corrected chi connectivity index (χ0v) is 27.6. The Hall–Kier alpha value is -2.83. The minimum Gasteiger partial charge on any atom is -0.405 e. The number of aryl methyl sites for hydroxylation is 1. The molecule has 1 atom stereocenters. The van der Waals surface area contributed by atoms with Gasteiger partial charge in [-0.1, -0.05) is 125 Å². The molecule has 5 nitrogen and oxygen atoms in total. The highest BCUT2D eigenvalue weighted by molar-refractivity contribution is 6.99. The van der Waals surface area contributed by atoms with Crippen LogP contribution in [0.4, 0.5) is 0 Å². The summed E-state index contributed by atoms with van der Waals surface area (Å²) in [6, 6.07) is 22.0. The Bertz CT molecular complexity index is 1100. The molecule has 0 saturated heterocycles. The fourth-order valence-corrected chi connectivity index (χ4v) is 10.5. The second-order valence-electron chi connectivity index (χ2n) is 12.6. The maximum absolute atomic E-state index is 7.22. The third-order valence-corrected chi connectivity index (χ3v) is 13.2. The average Bonchev–Trinajstić information content (AvgIpc) is 3.51. The van der Waals surface area contributed by atoms with Gasteiger partial charge in [0.1, 0.15) is 5.82 Å². The minimum atomic E-state index is -2.46. The molecule has 228 valence electrons. The van der Waals surface area contributed by atoms with Gasteiger partial charge in [-0.2, -0.15) is 0 Å². The number of hydrogen-bond acceptors (Lipinski definition) is 4. The van der Waals surface area contributed by atoms with E-state index in [4.69, 9.17) is 4.43 Å². The van der Waals surface area contributed by atoms with Crippen LogP contribution >= 0.6 is 0 Å². The largest absolute Gasteiger partial charge is 0.405 e. The summed E-state index contributed by atoms with van der Waals surface area (Å²) in [5.74, 6) is 0.879. The van der Waals surface area contributed by atoms with E-state index >= 15 is 0 Å². The van der Waals surface area contributed by atoms with Crippen LogP contribution in [0.5, 0.6) is 0 Å². The molecule has 1 N–H and O–H groups in total. The molecule has 6 heteroatoms. The molecular formula is C36H54N4OSi. The molecule has 0 amide bonds. The van der Waals surface area contributed by atoms with Crippen molar-refractivity contribution in [2.75, 3.05) is 0 Å². The first-order valence-corrected chi connectivity index (χ1v) is 18.2. The first kappa shape index (κ1) is 33.7. The highest BCUT2D eigenvalue weighted by atomic mass is 28.4. The summed E-state index contributed by atoms with van der Waals surface area (Å²) in [5.41, 5.74) is 0. The number of rotatable bonds is 20. The Labute approximate surface area is 256 Å². The van der Waals surface area contributed by atoms with Crippen molar-refractivity contribution in [3.05, 3.63) is 90.8 Å². The number of tetrazole rings is 1. The second-order valence-corrected chi connectivity index (χ2v) is 16.8. The SMILES string of the molecule is CC(CCC/C=C\CCCCCCC/C=C\CCCc1nnn[nH]1)O[Si](c1ccccc1)(c1ccccc1)C(C)(C)C. The van der Waals surface area contributed by atoms with Crippen molar-refractivity contribution in [3.63, 3.8) is 0 Å². The van der Waals surface area contributed by atoms with Crippen LogP contribution in [0.25, 0.3) is 0 Å². The number of benzene rings is 2. The number of unbranched alkanes of at least 4 members (excludes halogenated alkanes) is 8. The molecule has 0 radical (unpaired) electrons. The molecule has 0 aliphatic rings. The standard InChI is InChI=1S/C36H54N4OSi/c1-32(41-42(36(2,3)4,33-27-21-18-22-28-33)34-29-23-19-24-30-34)26-20-16-14-12-10-8-6-5-7-9-11-13-15-17-25-31-35-37-39-40-38-35/h12-15,18-19,21-24,27-30,32H,5-11,16-17,20,25-26,31H2,1-4H3,(H,37,38,39,40)/b14-12-,15-13-. The molecule has 1 unspecified atom stereocenters. The number of nitrogens with one attached hydrogen (secondary N) is 1. The monoisotopic (exact) mass is 586 g/mol. The molecule has 3 rings (SSSR count). The molecule has 0 saturated carbocycles. The quantitative estimate of drug-likeness (QED) is 0.0819. The van der Waals surface area contributed by atoms with E-state index in [9.17, 15) is 0 Å². The van der Waals surface area contributed by atoms with E-state index in [1.165, 1.54) is 61.7 Å². The van der Waals surface area contributed by atoms with Crippen LogP contribution in [-0.4, -0.2) is 35.0 Å². The van der Waals surface area contributed by atoms with Gasteiger partial charge in [0.2, 0.25) is 0 Å². The van der Waals surface area contributed by atoms with Crippen molar-refractivity contribution in [2.24, 2.45) is 0 Å². The fourth-order valence-electron chi connectivity index (χ4n) is 5.77. The number of allylic oxidation sites excluding steroid dienone is 4. The molecule has 3 aromatic rings. The van der Waals surface area contributed by atoms with E-state index in [0.29, 0.717) is 0 Å². The van der Waals surface area contributed by atoms with Crippen LogP contribution < -0.4 is 10.4 Å². The van der Waals surface area contributed by atoms with Gasteiger partial charge in [0.05, 0.1) is 0 Å². The summed E-state index contributed by atoms with van der Waals surface area (Å²) in [5, 5.41) is 16.7. The lowest BCUT2D eigenvalue weighted by molar-refractivity contribution is 0.194. The van der Waals surface area contributed by atoms with Gasteiger partial charge in [-0.05, 0) is 90.5 Å². The fraction of sp³-hybridized carbons (Fsp3) is 0.528. The Morgan fingerprint density at radius 3 is 1.71 bits per heavy atom. The molecule has 0 fully saturated rings. The Kier molecular flexibility index (Phi) is 15.0. The zero-order valence-electron chi connectivity index (χ0n) is 26.6. The summed E-state index contributed by atoms with van der Waals surface area (Å²) in [6.07, 6.45) is 25.1. The van der Waals surface area contributed by atoms with E-state index in [2.05, 4.69) is 133 Å². The predicted octanol–water partition coefficient (Wildman–Crippen LogP) is 8.50. The third kappa shape index (κ3) is 11.1. The van der Waals surface area contributed by atoms with Gasteiger partial charge in [0, 0.05) is 12.5 Å². The lowest BCUT2D eigenvalue weighted by atomic mass is 10.1. The van der Waals surface area contributed by atoms with E-state index in [1.54, 1.807) is 0 Å². The molecule has 0 aliphatic heterocycles. The number of hydrogen-bond donors (Lipinski definition) is 1. The van der Waals surface area contributed by atoms with Crippen molar-refractivity contribution in [1.82, 2.24) is 20.6 Å². The number of H-pyrrole nitrogens is 1. The summed E-state index contributed by atoms with van der Waals surface area (Å²) in [6.45, 7) is 9.34. The van der Waals surface area contributed by atoms with E-state index in [-0.39, 0.29) is 11.1 Å². The first-order valence-electron chi connectivity index (χ1n) is 16.2. The van der Waals surface area contributed by atoms with Crippen molar-refractivity contribution >= 4 is 18.7 Å². The van der Waals surface area contributed by atoms with E-state index in [1.807, 2.05) is 0 Å². The highest BCUT2D eigenvalue weighted by Gasteiger charge is 2.50. The summed E-state index contributed by atoms with van der Waals surface area (Å²) in [7, 11) is -2.46. The van der Waals surface area contributed by atoms with Gasteiger partial charge >= 0.3 is 0 Å². The van der Waals surface area contributed by atoms with Crippen molar-refractivity contribution in [3.8, 4) is 0 Å². The van der Waals surface area contributed by atoms with Crippen LogP contribution in [0.2, 0.25) is 5.04 Å². The van der Waals surface area contributed by atoms with Crippen LogP contribution in [-0.2, 0) is 10.8 Å². The maximum atomic E-state index is 7.22. The number of aromatic nitrogens is 4. The van der Waals surface area contributed by atoms with Crippen molar-refractivity contribution < 1.29 is 4.43 Å². The number of aromatic amines is 1.